The average Bonchev–Trinajstić information content (AvgIpc) is 2.55. The number of hydrogen-bond donors (Lipinski definition) is 2. The highest BCUT2D eigenvalue weighted by atomic mass is 16.6. The summed E-state index contributed by atoms with van der Waals surface area (Å²) >= 11 is 0. The van der Waals surface area contributed by atoms with Crippen LogP contribution in [0.15, 0.2) is 57.7 Å². The normalized spacial score (nSPS) is 10.5. The van der Waals surface area contributed by atoms with Crippen LogP contribution in [-0.2, 0) is 0 Å². The van der Waals surface area contributed by atoms with Gasteiger partial charge in [-0.3, -0.25) is 14.9 Å². The Hall–Kier alpha value is -3.68. The van der Waals surface area contributed by atoms with Crippen molar-refractivity contribution in [3.63, 3.8) is 0 Å². The summed E-state index contributed by atoms with van der Waals surface area (Å²) in [6, 6.07) is 11.4. The number of fused-ring (bicyclic) bond motifs is 1. The molecule has 8 nitrogen and oxygen atoms in total. The third kappa shape index (κ3) is 2.68. The maximum atomic E-state index is 12.3. The van der Waals surface area contributed by atoms with Crippen LogP contribution >= 0.6 is 0 Å². The molecule has 0 atom stereocenters. The largest absolute Gasteiger partial charge is 0.506 e. The Morgan fingerprint density at radius 3 is 2.67 bits per heavy atom. The van der Waals surface area contributed by atoms with E-state index in [2.05, 4.69) is 5.32 Å². The summed E-state index contributed by atoms with van der Waals surface area (Å²) in [5, 5.41) is 23.5. The Bertz CT molecular complexity index is 1020. The number of nitrogens with zero attached hydrogens (tertiary/aromatic N) is 1. The molecule has 0 saturated heterocycles. The molecule has 120 valence electrons. The van der Waals surface area contributed by atoms with E-state index in [0.29, 0.717) is 0 Å². The third-order valence-corrected chi connectivity index (χ3v) is 3.33. The number of amides is 1. The van der Waals surface area contributed by atoms with Gasteiger partial charge in [0.25, 0.3) is 11.6 Å². The second kappa shape index (κ2) is 5.84. The zero-order valence-electron chi connectivity index (χ0n) is 12.1. The molecule has 0 unspecified atom stereocenters. The highest BCUT2D eigenvalue weighted by Gasteiger charge is 2.21. The molecule has 1 amide bonds. The molecule has 1 heterocycles. The molecular weight excluding hydrogens is 316 g/mol. The first-order valence-corrected chi connectivity index (χ1v) is 6.78. The van der Waals surface area contributed by atoms with E-state index in [9.17, 15) is 24.8 Å². The van der Waals surface area contributed by atoms with Crippen LogP contribution in [0, 0.1) is 10.1 Å². The minimum atomic E-state index is -1.01. The van der Waals surface area contributed by atoms with Crippen molar-refractivity contribution in [2.75, 3.05) is 5.32 Å². The zero-order chi connectivity index (χ0) is 17.3. The quantitative estimate of drug-likeness (QED) is 0.433. The van der Waals surface area contributed by atoms with Gasteiger partial charge in [0.1, 0.15) is 11.3 Å². The molecule has 0 spiro atoms. The van der Waals surface area contributed by atoms with Gasteiger partial charge in [-0.05, 0) is 18.2 Å². The minimum absolute atomic E-state index is 0.112. The third-order valence-electron chi connectivity index (χ3n) is 3.33. The van der Waals surface area contributed by atoms with Crippen molar-refractivity contribution >= 4 is 28.3 Å². The van der Waals surface area contributed by atoms with Crippen molar-refractivity contribution < 1.29 is 19.2 Å². The topological polar surface area (TPSA) is 123 Å². The number of nitro groups is 1. The van der Waals surface area contributed by atoms with Crippen LogP contribution in [0.4, 0.5) is 11.4 Å². The summed E-state index contributed by atoms with van der Waals surface area (Å²) in [7, 11) is 0. The molecule has 0 saturated carbocycles. The fourth-order valence-corrected chi connectivity index (χ4v) is 2.22. The van der Waals surface area contributed by atoms with Crippen LogP contribution < -0.4 is 10.9 Å². The van der Waals surface area contributed by atoms with Crippen LogP contribution in [0.25, 0.3) is 11.0 Å². The van der Waals surface area contributed by atoms with E-state index in [1.807, 2.05) is 0 Å². The van der Waals surface area contributed by atoms with Crippen LogP contribution in [0.5, 0.6) is 5.75 Å². The highest BCUT2D eigenvalue weighted by molar-refractivity contribution is 6.08. The molecule has 0 fully saturated rings. The first kappa shape index (κ1) is 15.2. The van der Waals surface area contributed by atoms with Crippen molar-refractivity contribution in [1.29, 1.82) is 0 Å². The van der Waals surface area contributed by atoms with E-state index in [1.54, 1.807) is 12.1 Å². The molecule has 8 heteroatoms. The average molecular weight is 326 g/mol. The number of nitrogens with one attached hydrogen (secondary N) is 1. The van der Waals surface area contributed by atoms with Gasteiger partial charge in [0, 0.05) is 17.8 Å². The van der Waals surface area contributed by atoms with Crippen LogP contribution in [0.2, 0.25) is 0 Å². The Kier molecular flexibility index (Phi) is 3.70. The van der Waals surface area contributed by atoms with Crippen molar-refractivity contribution in [3.05, 3.63) is 74.6 Å². The molecule has 2 aromatic carbocycles. The molecule has 2 N–H and O–H groups in total. The Morgan fingerprint density at radius 2 is 1.92 bits per heavy atom. The number of nitro benzene ring substituents is 1. The molecule has 1 aromatic heterocycles. The first-order chi connectivity index (χ1) is 11.5. The minimum Gasteiger partial charge on any atom is -0.506 e. The lowest BCUT2D eigenvalue weighted by Gasteiger charge is -2.07. The smallest absolute Gasteiger partial charge is 0.353 e. The number of rotatable bonds is 3. The molecule has 0 aliphatic carbocycles. The molecule has 0 radical (unpaired) electrons. The van der Waals surface area contributed by atoms with Gasteiger partial charge < -0.3 is 14.8 Å². The Morgan fingerprint density at radius 1 is 1.17 bits per heavy atom. The van der Waals surface area contributed by atoms with Crippen LogP contribution in [0.3, 0.4) is 0 Å². The summed E-state index contributed by atoms with van der Waals surface area (Å²) in [5.41, 5.74) is -1.54. The number of benzene rings is 2. The fourth-order valence-electron chi connectivity index (χ4n) is 2.22. The molecule has 0 aliphatic rings. The number of anilines is 1. The summed E-state index contributed by atoms with van der Waals surface area (Å²) in [5.74, 6) is -1.43. The number of aromatic hydroxyl groups is 1. The summed E-state index contributed by atoms with van der Waals surface area (Å²) in [6.45, 7) is 0. The Labute approximate surface area is 134 Å². The maximum absolute atomic E-state index is 12.3. The molecular formula is C16H10N2O6. The second-order valence-corrected chi connectivity index (χ2v) is 4.87. The van der Waals surface area contributed by atoms with E-state index in [1.165, 1.54) is 30.3 Å². The van der Waals surface area contributed by atoms with E-state index in [0.717, 1.165) is 6.07 Å². The van der Waals surface area contributed by atoms with E-state index in [-0.39, 0.29) is 22.3 Å². The first-order valence-electron chi connectivity index (χ1n) is 6.78. The van der Waals surface area contributed by atoms with E-state index in [4.69, 9.17) is 4.42 Å². The van der Waals surface area contributed by atoms with Crippen molar-refractivity contribution in [1.82, 2.24) is 0 Å². The molecule has 0 aliphatic heterocycles. The lowest BCUT2D eigenvalue weighted by Crippen LogP contribution is -2.21. The van der Waals surface area contributed by atoms with E-state index >= 15 is 0 Å². The lowest BCUT2D eigenvalue weighted by molar-refractivity contribution is -0.384. The molecule has 3 rings (SSSR count). The van der Waals surface area contributed by atoms with Crippen LogP contribution in [-0.4, -0.2) is 15.9 Å². The number of carbonyl (C=O) groups is 1. The summed E-state index contributed by atoms with van der Waals surface area (Å²) in [6.07, 6.45) is 0. The van der Waals surface area contributed by atoms with Crippen LogP contribution in [0.1, 0.15) is 10.4 Å². The van der Waals surface area contributed by atoms with Gasteiger partial charge in [-0.1, -0.05) is 18.2 Å². The van der Waals surface area contributed by atoms with Gasteiger partial charge in [-0.2, -0.15) is 0 Å². The van der Waals surface area contributed by atoms with Gasteiger partial charge in [-0.25, -0.2) is 4.79 Å². The van der Waals surface area contributed by atoms with Gasteiger partial charge in [0.15, 0.2) is 5.56 Å². The second-order valence-electron chi connectivity index (χ2n) is 4.87. The van der Waals surface area contributed by atoms with Gasteiger partial charge in [0.2, 0.25) is 0 Å². The molecule has 0 bridgehead atoms. The number of para-hydroxylation sites is 1. The standard InChI is InChI=1S/C16H10N2O6/c19-14-11-6-1-2-7-12(11)24-16(21)13(14)15(20)17-9-4-3-5-10(8-9)18(22)23/h1-8,19H,(H,17,20). The highest BCUT2D eigenvalue weighted by Crippen LogP contribution is 2.26. The Balaban J connectivity index is 2.02. The zero-order valence-corrected chi connectivity index (χ0v) is 12.1. The van der Waals surface area contributed by atoms with Crippen molar-refractivity contribution in [2.24, 2.45) is 0 Å². The maximum Gasteiger partial charge on any atom is 0.353 e. The predicted octanol–water partition coefficient (Wildman–Crippen LogP) is 2.66. The fraction of sp³-hybridized carbons (Fsp3) is 0. The predicted molar refractivity (Wildman–Crippen MR) is 85.2 cm³/mol. The van der Waals surface area contributed by atoms with Gasteiger partial charge in [0.05, 0.1) is 10.3 Å². The van der Waals surface area contributed by atoms with Crippen molar-refractivity contribution in [3.8, 4) is 5.75 Å². The van der Waals surface area contributed by atoms with Crippen molar-refractivity contribution in [2.45, 2.75) is 0 Å². The lowest BCUT2D eigenvalue weighted by atomic mass is 10.1. The van der Waals surface area contributed by atoms with Gasteiger partial charge in [-0.15, -0.1) is 0 Å². The SMILES string of the molecule is O=C(Nc1cccc([N+](=O)[O-])c1)c1c(O)c2ccccc2oc1=O. The molecule has 24 heavy (non-hydrogen) atoms. The summed E-state index contributed by atoms with van der Waals surface area (Å²) < 4.78 is 5.01. The van der Waals surface area contributed by atoms with E-state index < -0.39 is 27.8 Å². The molecule has 3 aromatic rings. The summed E-state index contributed by atoms with van der Waals surface area (Å²) in [4.78, 5) is 34.4. The number of carbonyl (C=O) groups excluding carboxylic acids is 1. The van der Waals surface area contributed by atoms with Gasteiger partial charge >= 0.3 is 5.63 Å². The number of non-ortho nitro benzene ring substituents is 1. The number of hydrogen-bond acceptors (Lipinski definition) is 6. The monoisotopic (exact) mass is 326 g/mol.